The van der Waals surface area contributed by atoms with Crippen molar-refractivity contribution in [3.05, 3.63) is 93.5 Å². The van der Waals surface area contributed by atoms with Crippen molar-refractivity contribution < 1.29 is 4.92 Å². The number of nitro groups is 1. The maximum atomic E-state index is 10.9. The zero-order valence-electron chi connectivity index (χ0n) is 17.1. The second kappa shape index (κ2) is 9.53. The normalized spacial score (nSPS) is 10.7. The molecule has 5 heteroatoms. The summed E-state index contributed by atoms with van der Waals surface area (Å²) in [5.41, 5.74) is 5.17. The summed E-state index contributed by atoms with van der Waals surface area (Å²) in [5.74, 6) is 0. The van der Waals surface area contributed by atoms with E-state index in [-0.39, 0.29) is 11.3 Å². The number of hydrogen-bond donors (Lipinski definition) is 0. The number of anilines is 1. The van der Waals surface area contributed by atoms with E-state index in [4.69, 9.17) is 5.26 Å². The van der Waals surface area contributed by atoms with Crippen LogP contribution < -0.4 is 4.90 Å². The summed E-state index contributed by atoms with van der Waals surface area (Å²) in [6.07, 6.45) is 3.77. The van der Waals surface area contributed by atoms with Crippen LogP contribution >= 0.6 is 0 Å². The lowest BCUT2D eigenvalue weighted by atomic mass is 10.0. The van der Waals surface area contributed by atoms with Gasteiger partial charge in [-0.05, 0) is 60.4 Å². The summed E-state index contributed by atoms with van der Waals surface area (Å²) in [6, 6.07) is 23.2. The fourth-order valence-corrected chi connectivity index (χ4v) is 3.34. The molecule has 30 heavy (non-hydrogen) atoms. The van der Waals surface area contributed by atoms with Gasteiger partial charge in [-0.15, -0.1) is 0 Å². The van der Waals surface area contributed by atoms with Crippen molar-refractivity contribution in [1.29, 1.82) is 5.26 Å². The van der Waals surface area contributed by atoms with Crippen LogP contribution in [0.25, 0.3) is 23.3 Å². The van der Waals surface area contributed by atoms with Gasteiger partial charge in [0.2, 0.25) is 0 Å². The van der Waals surface area contributed by atoms with Gasteiger partial charge in [0.15, 0.2) is 0 Å². The highest BCUT2D eigenvalue weighted by molar-refractivity contribution is 5.74. The van der Waals surface area contributed by atoms with Crippen molar-refractivity contribution in [3.8, 4) is 17.2 Å². The molecule has 0 aliphatic rings. The van der Waals surface area contributed by atoms with Crippen molar-refractivity contribution >= 4 is 23.5 Å². The summed E-state index contributed by atoms with van der Waals surface area (Å²) in [5, 5.41) is 20.0. The minimum Gasteiger partial charge on any atom is -0.372 e. The summed E-state index contributed by atoms with van der Waals surface area (Å²) < 4.78 is 0. The lowest BCUT2D eigenvalue weighted by Crippen LogP contribution is -2.21. The molecule has 0 bridgehead atoms. The highest BCUT2D eigenvalue weighted by Gasteiger charge is 2.12. The Kier molecular flexibility index (Phi) is 6.61. The number of hydrogen-bond acceptors (Lipinski definition) is 4. The third kappa shape index (κ3) is 4.73. The molecule has 5 nitrogen and oxygen atoms in total. The number of nitro benzene ring substituents is 1. The molecule has 3 rings (SSSR count). The van der Waals surface area contributed by atoms with Crippen molar-refractivity contribution in [3.63, 3.8) is 0 Å². The van der Waals surface area contributed by atoms with E-state index in [0.29, 0.717) is 0 Å². The van der Waals surface area contributed by atoms with Crippen LogP contribution in [0.3, 0.4) is 0 Å². The molecule has 0 fully saturated rings. The van der Waals surface area contributed by atoms with E-state index in [2.05, 4.69) is 55.1 Å². The van der Waals surface area contributed by atoms with E-state index >= 15 is 0 Å². The summed E-state index contributed by atoms with van der Waals surface area (Å²) >= 11 is 0. The van der Waals surface area contributed by atoms with Crippen molar-refractivity contribution in [1.82, 2.24) is 0 Å². The second-order valence-corrected chi connectivity index (χ2v) is 6.82. The minimum atomic E-state index is -0.542. The first-order chi connectivity index (χ1) is 14.5. The van der Waals surface area contributed by atoms with Gasteiger partial charge in [0, 0.05) is 24.8 Å². The van der Waals surface area contributed by atoms with E-state index in [1.165, 1.54) is 17.8 Å². The largest absolute Gasteiger partial charge is 0.372 e. The fourth-order valence-electron chi connectivity index (χ4n) is 3.34. The van der Waals surface area contributed by atoms with Crippen LogP contribution in [0.2, 0.25) is 0 Å². The first kappa shape index (κ1) is 20.8. The molecule has 0 spiro atoms. The molecule has 0 aliphatic carbocycles. The van der Waals surface area contributed by atoms with E-state index in [1.54, 1.807) is 6.07 Å². The molecule has 0 aliphatic heterocycles. The van der Waals surface area contributed by atoms with Crippen LogP contribution in [0, 0.1) is 21.4 Å². The first-order valence-electron chi connectivity index (χ1n) is 9.87. The van der Waals surface area contributed by atoms with Crippen molar-refractivity contribution in [2.75, 3.05) is 18.0 Å². The van der Waals surface area contributed by atoms with Gasteiger partial charge in [-0.25, -0.2) is 0 Å². The van der Waals surface area contributed by atoms with Crippen molar-refractivity contribution in [2.24, 2.45) is 0 Å². The average Bonchev–Trinajstić information content (AvgIpc) is 2.79. The molecular weight excluding hydrogens is 374 g/mol. The third-order valence-corrected chi connectivity index (χ3v) is 5.05. The van der Waals surface area contributed by atoms with Gasteiger partial charge < -0.3 is 4.90 Å². The van der Waals surface area contributed by atoms with Crippen LogP contribution in [0.4, 0.5) is 11.4 Å². The Bertz CT molecular complexity index is 1090. The molecule has 0 radical (unpaired) electrons. The lowest BCUT2D eigenvalue weighted by molar-refractivity contribution is -0.385. The maximum absolute atomic E-state index is 10.9. The fraction of sp³-hybridized carbons (Fsp3) is 0.160. The van der Waals surface area contributed by atoms with Gasteiger partial charge in [-0.2, -0.15) is 5.26 Å². The molecule has 0 saturated carbocycles. The number of nitrogens with zero attached hydrogens (tertiary/aromatic N) is 3. The predicted octanol–water partition coefficient (Wildman–Crippen LogP) is 6.15. The maximum Gasteiger partial charge on any atom is 0.287 e. The Balaban J connectivity index is 1.75. The molecule has 0 atom stereocenters. The monoisotopic (exact) mass is 397 g/mol. The summed E-state index contributed by atoms with van der Waals surface area (Å²) in [7, 11) is 0. The number of rotatable bonds is 7. The van der Waals surface area contributed by atoms with E-state index in [0.717, 1.165) is 35.3 Å². The molecule has 0 saturated heterocycles. The average molecular weight is 397 g/mol. The first-order valence-corrected chi connectivity index (χ1v) is 9.87. The predicted molar refractivity (Wildman–Crippen MR) is 122 cm³/mol. The molecule has 3 aromatic rings. The highest BCUT2D eigenvalue weighted by Crippen LogP contribution is 2.25. The lowest BCUT2D eigenvalue weighted by Gasteiger charge is -2.21. The Labute approximate surface area is 176 Å². The number of benzene rings is 3. The van der Waals surface area contributed by atoms with E-state index < -0.39 is 4.92 Å². The molecule has 3 aromatic carbocycles. The van der Waals surface area contributed by atoms with Gasteiger partial charge >= 0.3 is 0 Å². The van der Waals surface area contributed by atoms with Gasteiger partial charge in [0.1, 0.15) is 11.6 Å². The van der Waals surface area contributed by atoms with Crippen LogP contribution in [0.1, 0.15) is 30.5 Å². The van der Waals surface area contributed by atoms with Crippen molar-refractivity contribution in [2.45, 2.75) is 13.8 Å². The molecule has 0 unspecified atom stereocenters. The summed E-state index contributed by atoms with van der Waals surface area (Å²) in [4.78, 5) is 12.7. The van der Waals surface area contributed by atoms with Gasteiger partial charge in [-0.1, -0.05) is 48.6 Å². The number of nitriles is 1. The Morgan fingerprint density at radius 1 is 0.900 bits per heavy atom. The zero-order valence-corrected chi connectivity index (χ0v) is 17.1. The Morgan fingerprint density at radius 2 is 1.43 bits per heavy atom. The second-order valence-electron chi connectivity index (χ2n) is 6.82. The standard InChI is InChI=1S/C25H23N3O2/c1-3-27(4-2)24-14-12-22(13-15-24)21-10-7-19(8-11-21)5-6-20-9-16-25(28(29)30)23(17-20)18-26/h5-17H,3-4H2,1-2H3. The minimum absolute atomic E-state index is 0.0608. The quantitative estimate of drug-likeness (QED) is 0.272. The topological polar surface area (TPSA) is 70.2 Å². The molecular formula is C25H23N3O2. The molecule has 0 N–H and O–H groups in total. The Morgan fingerprint density at radius 3 is 1.97 bits per heavy atom. The smallest absolute Gasteiger partial charge is 0.287 e. The molecule has 150 valence electrons. The van der Waals surface area contributed by atoms with E-state index in [1.807, 2.05) is 30.4 Å². The van der Waals surface area contributed by atoms with E-state index in [9.17, 15) is 10.1 Å². The summed E-state index contributed by atoms with van der Waals surface area (Å²) in [6.45, 7) is 6.28. The third-order valence-electron chi connectivity index (χ3n) is 5.05. The Hall–Kier alpha value is -3.91. The van der Waals surface area contributed by atoms with Gasteiger partial charge in [0.05, 0.1) is 4.92 Å². The van der Waals surface area contributed by atoms with Crippen LogP contribution in [-0.4, -0.2) is 18.0 Å². The molecule has 0 amide bonds. The molecule has 0 aromatic heterocycles. The van der Waals surface area contributed by atoms with Crippen LogP contribution in [-0.2, 0) is 0 Å². The van der Waals surface area contributed by atoms with Crippen LogP contribution in [0.5, 0.6) is 0 Å². The zero-order chi connectivity index (χ0) is 21.5. The SMILES string of the molecule is CCN(CC)c1ccc(-c2ccc(C=Cc3ccc([N+](=O)[O-])c(C#N)c3)cc2)cc1. The van der Waals surface area contributed by atoms with Crippen LogP contribution in [0.15, 0.2) is 66.7 Å². The highest BCUT2D eigenvalue weighted by atomic mass is 16.6. The molecule has 0 heterocycles. The van der Waals surface area contributed by atoms with Gasteiger partial charge in [-0.3, -0.25) is 10.1 Å². The van der Waals surface area contributed by atoms with Gasteiger partial charge in [0.25, 0.3) is 5.69 Å².